The molecule has 3 aromatic rings. The fourth-order valence-electron chi connectivity index (χ4n) is 3.37. The maximum absolute atomic E-state index is 6.19. The van der Waals surface area contributed by atoms with Crippen LogP contribution in [0.2, 0.25) is 5.02 Å². The van der Waals surface area contributed by atoms with Gasteiger partial charge in [0.1, 0.15) is 0 Å². The van der Waals surface area contributed by atoms with Crippen LogP contribution in [0, 0.1) is 6.92 Å². The number of nitrogens with zero attached hydrogens (tertiary/aromatic N) is 3. The first-order valence-corrected chi connectivity index (χ1v) is 9.99. The van der Waals surface area contributed by atoms with E-state index in [1.165, 1.54) is 21.5 Å². The molecule has 1 fully saturated rings. The summed E-state index contributed by atoms with van der Waals surface area (Å²) in [6.07, 6.45) is 1.07. The van der Waals surface area contributed by atoms with E-state index < -0.39 is 0 Å². The van der Waals surface area contributed by atoms with Crippen molar-refractivity contribution in [3.05, 3.63) is 52.5 Å². The van der Waals surface area contributed by atoms with Crippen LogP contribution in [-0.2, 0) is 6.42 Å². The number of benzene rings is 2. The molecule has 0 N–H and O–H groups in total. The molecular formula is C20H22ClN3S. The summed E-state index contributed by atoms with van der Waals surface area (Å²) < 4.78 is 1.29. The van der Waals surface area contributed by atoms with E-state index >= 15 is 0 Å². The number of hydrogen-bond donors (Lipinski definition) is 0. The zero-order chi connectivity index (χ0) is 17.4. The molecule has 0 saturated carbocycles. The van der Waals surface area contributed by atoms with Crippen LogP contribution in [0.1, 0.15) is 18.1 Å². The number of halogens is 1. The molecule has 0 bridgehead atoms. The molecule has 4 rings (SSSR count). The molecule has 2 heterocycles. The normalized spacial score (nSPS) is 15.2. The number of aromatic nitrogens is 1. The van der Waals surface area contributed by atoms with Gasteiger partial charge in [0.25, 0.3) is 0 Å². The number of piperazine rings is 1. The summed E-state index contributed by atoms with van der Waals surface area (Å²) in [7, 11) is 0. The lowest BCUT2D eigenvalue weighted by molar-refractivity contribution is 0.651. The van der Waals surface area contributed by atoms with Crippen molar-refractivity contribution in [3.8, 4) is 0 Å². The second-order valence-corrected chi connectivity index (χ2v) is 8.00. The third kappa shape index (κ3) is 3.33. The minimum atomic E-state index is 0.806. The van der Waals surface area contributed by atoms with Crippen LogP contribution in [0.5, 0.6) is 0 Å². The first-order valence-electron chi connectivity index (χ1n) is 8.79. The van der Waals surface area contributed by atoms with Crippen LogP contribution in [0.25, 0.3) is 10.2 Å². The summed E-state index contributed by atoms with van der Waals surface area (Å²) >= 11 is 8.00. The fourth-order valence-corrected chi connectivity index (χ4v) is 4.62. The number of anilines is 2. The highest BCUT2D eigenvalue weighted by molar-refractivity contribution is 7.22. The van der Waals surface area contributed by atoms with E-state index in [0.717, 1.165) is 48.3 Å². The molecule has 130 valence electrons. The van der Waals surface area contributed by atoms with Crippen molar-refractivity contribution in [3.63, 3.8) is 0 Å². The summed E-state index contributed by atoms with van der Waals surface area (Å²) in [6, 6.07) is 12.8. The zero-order valence-corrected chi connectivity index (χ0v) is 16.2. The molecule has 3 nitrogen and oxygen atoms in total. The Bertz CT molecular complexity index is 897. The smallest absolute Gasteiger partial charge is 0.186 e. The predicted octanol–water partition coefficient (Wildman–Crippen LogP) is 5.15. The molecule has 2 aromatic carbocycles. The van der Waals surface area contributed by atoms with Gasteiger partial charge in [-0.3, -0.25) is 0 Å². The van der Waals surface area contributed by atoms with Crippen molar-refractivity contribution in [1.82, 2.24) is 4.98 Å². The molecule has 25 heavy (non-hydrogen) atoms. The quantitative estimate of drug-likeness (QED) is 0.634. The van der Waals surface area contributed by atoms with Gasteiger partial charge in [0.15, 0.2) is 5.13 Å². The number of aryl methyl sites for hydroxylation is 2. The summed E-state index contributed by atoms with van der Waals surface area (Å²) in [4.78, 5) is 9.69. The lowest BCUT2D eigenvalue weighted by atomic mass is 10.1. The van der Waals surface area contributed by atoms with Crippen molar-refractivity contribution < 1.29 is 0 Å². The van der Waals surface area contributed by atoms with E-state index in [9.17, 15) is 0 Å². The van der Waals surface area contributed by atoms with Crippen LogP contribution in [0.4, 0.5) is 10.8 Å². The second-order valence-electron chi connectivity index (χ2n) is 6.56. The summed E-state index contributed by atoms with van der Waals surface area (Å²) in [5, 5.41) is 1.95. The Morgan fingerprint density at radius 3 is 2.56 bits per heavy atom. The number of hydrogen-bond acceptors (Lipinski definition) is 4. The first-order chi connectivity index (χ1) is 12.1. The molecule has 0 amide bonds. The van der Waals surface area contributed by atoms with E-state index in [2.05, 4.69) is 54.0 Å². The van der Waals surface area contributed by atoms with Gasteiger partial charge in [-0.1, -0.05) is 42.0 Å². The van der Waals surface area contributed by atoms with Crippen LogP contribution >= 0.6 is 22.9 Å². The molecule has 1 aliphatic rings. The van der Waals surface area contributed by atoms with E-state index in [1.807, 2.05) is 17.4 Å². The van der Waals surface area contributed by atoms with Crippen molar-refractivity contribution in [2.75, 3.05) is 36.0 Å². The van der Waals surface area contributed by atoms with Crippen molar-refractivity contribution >= 4 is 44.0 Å². The predicted molar refractivity (Wildman–Crippen MR) is 110 cm³/mol. The molecule has 0 radical (unpaired) electrons. The first kappa shape index (κ1) is 16.7. The minimum absolute atomic E-state index is 0.806. The zero-order valence-electron chi connectivity index (χ0n) is 14.6. The highest BCUT2D eigenvalue weighted by Gasteiger charge is 2.21. The molecule has 1 aliphatic heterocycles. The number of fused-ring (bicyclic) bond motifs is 1. The van der Waals surface area contributed by atoms with E-state index in [4.69, 9.17) is 16.6 Å². The topological polar surface area (TPSA) is 19.4 Å². The standard InChI is InChI=1S/C20H22ClN3S/c1-3-15-5-7-17-19(12-15)25-20(22-17)24-10-8-23(9-11-24)18-13-16(21)6-4-14(18)2/h4-7,12-13H,3,8-11H2,1-2H3. The molecule has 0 spiro atoms. The molecule has 5 heteroatoms. The average molecular weight is 372 g/mol. The van der Waals surface area contributed by atoms with Gasteiger partial charge in [-0.2, -0.15) is 0 Å². The van der Waals surface area contributed by atoms with Gasteiger partial charge in [-0.25, -0.2) is 4.98 Å². The molecule has 1 aromatic heterocycles. The minimum Gasteiger partial charge on any atom is -0.368 e. The van der Waals surface area contributed by atoms with Gasteiger partial charge < -0.3 is 9.80 Å². The third-order valence-electron chi connectivity index (χ3n) is 4.91. The van der Waals surface area contributed by atoms with Crippen molar-refractivity contribution in [2.45, 2.75) is 20.3 Å². The van der Waals surface area contributed by atoms with Crippen LogP contribution < -0.4 is 9.80 Å². The van der Waals surface area contributed by atoms with E-state index in [0.29, 0.717) is 0 Å². The Labute approximate surface area is 157 Å². The van der Waals surface area contributed by atoms with Crippen molar-refractivity contribution in [2.24, 2.45) is 0 Å². The SMILES string of the molecule is CCc1ccc2nc(N3CCN(c4cc(Cl)ccc4C)CC3)sc2c1. The molecule has 0 aliphatic carbocycles. The highest BCUT2D eigenvalue weighted by atomic mass is 35.5. The van der Waals surface area contributed by atoms with Gasteiger partial charge >= 0.3 is 0 Å². The van der Waals surface area contributed by atoms with Crippen molar-refractivity contribution in [1.29, 1.82) is 0 Å². The monoisotopic (exact) mass is 371 g/mol. The molecule has 0 atom stereocenters. The third-order valence-corrected chi connectivity index (χ3v) is 6.23. The Morgan fingerprint density at radius 1 is 1.04 bits per heavy atom. The summed E-state index contributed by atoms with van der Waals surface area (Å²) in [5.74, 6) is 0. The lowest BCUT2D eigenvalue weighted by Gasteiger charge is -2.36. The summed E-state index contributed by atoms with van der Waals surface area (Å²) in [6.45, 7) is 8.32. The largest absolute Gasteiger partial charge is 0.368 e. The second kappa shape index (κ2) is 6.85. The van der Waals surface area contributed by atoms with Crippen LogP contribution in [0.15, 0.2) is 36.4 Å². The van der Waals surface area contributed by atoms with Crippen LogP contribution in [-0.4, -0.2) is 31.2 Å². The van der Waals surface area contributed by atoms with Crippen LogP contribution in [0.3, 0.4) is 0 Å². The lowest BCUT2D eigenvalue weighted by Crippen LogP contribution is -2.46. The average Bonchev–Trinajstić information content (AvgIpc) is 3.07. The maximum atomic E-state index is 6.19. The Balaban J connectivity index is 1.51. The molecular weight excluding hydrogens is 350 g/mol. The molecule has 0 unspecified atom stereocenters. The maximum Gasteiger partial charge on any atom is 0.186 e. The van der Waals surface area contributed by atoms with Gasteiger partial charge in [0, 0.05) is 36.9 Å². The van der Waals surface area contributed by atoms with Gasteiger partial charge in [0.05, 0.1) is 10.2 Å². The van der Waals surface area contributed by atoms with Gasteiger partial charge in [-0.15, -0.1) is 0 Å². The van der Waals surface area contributed by atoms with E-state index in [1.54, 1.807) is 0 Å². The fraction of sp³-hybridized carbons (Fsp3) is 0.350. The Hall–Kier alpha value is -1.78. The number of rotatable bonds is 3. The molecule has 1 saturated heterocycles. The highest BCUT2D eigenvalue weighted by Crippen LogP contribution is 2.31. The van der Waals surface area contributed by atoms with Gasteiger partial charge in [-0.05, 0) is 48.7 Å². The van der Waals surface area contributed by atoms with E-state index in [-0.39, 0.29) is 0 Å². The number of thiazole rings is 1. The summed E-state index contributed by atoms with van der Waals surface area (Å²) in [5.41, 5.74) is 5.03. The Morgan fingerprint density at radius 2 is 1.80 bits per heavy atom. The van der Waals surface area contributed by atoms with Gasteiger partial charge in [0.2, 0.25) is 0 Å². The Kier molecular flexibility index (Phi) is 4.57.